The summed E-state index contributed by atoms with van der Waals surface area (Å²) in [4.78, 5) is 2.60. The maximum Gasteiger partial charge on any atom is 0.142 e. The van der Waals surface area contributed by atoms with Crippen molar-refractivity contribution in [1.29, 1.82) is 0 Å². The number of benzene rings is 1. The molecule has 0 spiro atoms. The number of anilines is 1. The molecule has 1 aromatic carbocycles. The Morgan fingerprint density at radius 3 is 2.77 bits per heavy atom. The van der Waals surface area contributed by atoms with E-state index in [1.54, 1.807) is 0 Å². The van der Waals surface area contributed by atoms with Crippen LogP contribution in [-0.4, -0.2) is 49.4 Å². The van der Waals surface area contributed by atoms with Gasteiger partial charge in [-0.3, -0.25) is 4.90 Å². The first-order chi connectivity index (χ1) is 10.7. The number of hydrogen-bond donors (Lipinski definition) is 1. The van der Waals surface area contributed by atoms with Gasteiger partial charge in [-0.1, -0.05) is 13.0 Å². The maximum atomic E-state index is 5.87. The summed E-state index contributed by atoms with van der Waals surface area (Å²) < 4.78 is 11.5. The van der Waals surface area contributed by atoms with Crippen LogP contribution in [0.2, 0.25) is 0 Å². The minimum atomic E-state index is 0.330. The summed E-state index contributed by atoms with van der Waals surface area (Å²) in [6.07, 6.45) is 2.92. The molecular formula is C18H28N2O2. The first-order valence-electron chi connectivity index (χ1n) is 8.54. The fourth-order valence-electron chi connectivity index (χ4n) is 3.63. The first-order valence-corrected chi connectivity index (χ1v) is 8.54. The Morgan fingerprint density at radius 1 is 1.27 bits per heavy atom. The molecule has 0 bridgehead atoms. The highest BCUT2D eigenvalue weighted by atomic mass is 16.5. The summed E-state index contributed by atoms with van der Waals surface area (Å²) >= 11 is 0. The Bertz CT molecular complexity index is 496. The SMILES string of the molecule is CCC(Cc1ccc2c(c1)NCCO2)N1CC(C)OC(C)C1. The van der Waals surface area contributed by atoms with Crippen LogP contribution >= 0.6 is 0 Å². The molecule has 3 rings (SSSR count). The van der Waals surface area contributed by atoms with Gasteiger partial charge < -0.3 is 14.8 Å². The average Bonchev–Trinajstić information content (AvgIpc) is 2.51. The minimum Gasteiger partial charge on any atom is -0.490 e. The van der Waals surface area contributed by atoms with Gasteiger partial charge in [-0.25, -0.2) is 0 Å². The lowest BCUT2D eigenvalue weighted by atomic mass is 10.00. The quantitative estimate of drug-likeness (QED) is 0.927. The zero-order chi connectivity index (χ0) is 15.5. The highest BCUT2D eigenvalue weighted by molar-refractivity contribution is 5.59. The summed E-state index contributed by atoms with van der Waals surface area (Å²) in [6.45, 7) is 10.4. The minimum absolute atomic E-state index is 0.330. The van der Waals surface area contributed by atoms with Crippen LogP contribution in [0.1, 0.15) is 32.8 Å². The third-order valence-corrected chi connectivity index (χ3v) is 4.63. The number of morpholine rings is 1. The van der Waals surface area contributed by atoms with E-state index in [4.69, 9.17) is 9.47 Å². The van der Waals surface area contributed by atoms with E-state index in [-0.39, 0.29) is 0 Å². The molecule has 3 atom stereocenters. The summed E-state index contributed by atoms with van der Waals surface area (Å²) in [6, 6.07) is 7.15. The Balaban J connectivity index is 1.69. The van der Waals surface area contributed by atoms with Gasteiger partial charge in [0.2, 0.25) is 0 Å². The van der Waals surface area contributed by atoms with Crippen molar-refractivity contribution < 1.29 is 9.47 Å². The molecule has 2 aliphatic heterocycles. The van der Waals surface area contributed by atoms with Crippen molar-refractivity contribution in [3.8, 4) is 5.75 Å². The second kappa shape index (κ2) is 6.88. The van der Waals surface area contributed by atoms with Crippen molar-refractivity contribution in [2.24, 2.45) is 0 Å². The Hall–Kier alpha value is -1.26. The van der Waals surface area contributed by atoms with Crippen molar-refractivity contribution in [3.63, 3.8) is 0 Å². The van der Waals surface area contributed by atoms with Gasteiger partial charge in [0.25, 0.3) is 0 Å². The Morgan fingerprint density at radius 2 is 2.05 bits per heavy atom. The van der Waals surface area contributed by atoms with Crippen molar-refractivity contribution >= 4 is 5.69 Å². The fourth-order valence-corrected chi connectivity index (χ4v) is 3.63. The van der Waals surface area contributed by atoms with Gasteiger partial charge in [-0.2, -0.15) is 0 Å². The van der Waals surface area contributed by atoms with Gasteiger partial charge >= 0.3 is 0 Å². The van der Waals surface area contributed by atoms with Crippen LogP contribution in [0, 0.1) is 0 Å². The first kappa shape index (κ1) is 15.6. The van der Waals surface area contributed by atoms with Gasteiger partial charge in [-0.05, 0) is 44.4 Å². The molecule has 1 fully saturated rings. The highest BCUT2D eigenvalue weighted by Gasteiger charge is 2.27. The van der Waals surface area contributed by atoms with E-state index < -0.39 is 0 Å². The molecule has 3 unspecified atom stereocenters. The van der Waals surface area contributed by atoms with Gasteiger partial charge in [-0.15, -0.1) is 0 Å². The van der Waals surface area contributed by atoms with Gasteiger partial charge in [0.05, 0.1) is 17.9 Å². The molecule has 2 aliphatic rings. The Kier molecular flexibility index (Phi) is 4.89. The normalized spacial score (nSPS) is 26.7. The Labute approximate surface area is 133 Å². The predicted octanol–water partition coefficient (Wildman–Crippen LogP) is 2.92. The monoisotopic (exact) mass is 304 g/mol. The van der Waals surface area contributed by atoms with E-state index in [9.17, 15) is 0 Å². The molecule has 1 N–H and O–H groups in total. The molecule has 2 heterocycles. The lowest BCUT2D eigenvalue weighted by Gasteiger charge is -2.40. The molecule has 0 aliphatic carbocycles. The summed E-state index contributed by atoms with van der Waals surface area (Å²) in [5.74, 6) is 0.983. The van der Waals surface area contributed by atoms with Crippen molar-refractivity contribution in [2.75, 3.05) is 31.6 Å². The number of nitrogens with zero attached hydrogens (tertiary/aromatic N) is 1. The maximum absolute atomic E-state index is 5.87. The molecule has 4 heteroatoms. The van der Waals surface area contributed by atoms with Crippen molar-refractivity contribution in [3.05, 3.63) is 23.8 Å². The van der Waals surface area contributed by atoms with Crippen LogP contribution in [0.4, 0.5) is 5.69 Å². The largest absolute Gasteiger partial charge is 0.490 e. The highest BCUT2D eigenvalue weighted by Crippen LogP contribution is 2.29. The van der Waals surface area contributed by atoms with E-state index in [1.807, 2.05) is 0 Å². The number of hydrogen-bond acceptors (Lipinski definition) is 4. The summed E-state index contributed by atoms with van der Waals surface area (Å²) in [5, 5.41) is 3.43. The van der Waals surface area contributed by atoms with Crippen LogP contribution in [-0.2, 0) is 11.2 Å². The number of nitrogens with one attached hydrogen (secondary N) is 1. The topological polar surface area (TPSA) is 33.7 Å². The van der Waals surface area contributed by atoms with Crippen LogP contribution in [0.15, 0.2) is 18.2 Å². The van der Waals surface area contributed by atoms with Gasteiger partial charge in [0.1, 0.15) is 12.4 Å². The zero-order valence-electron chi connectivity index (χ0n) is 14.0. The van der Waals surface area contributed by atoms with E-state index in [0.29, 0.717) is 18.2 Å². The predicted molar refractivity (Wildman–Crippen MR) is 89.8 cm³/mol. The molecule has 122 valence electrons. The number of fused-ring (bicyclic) bond motifs is 1. The van der Waals surface area contributed by atoms with Crippen LogP contribution in [0.25, 0.3) is 0 Å². The molecule has 1 saturated heterocycles. The van der Waals surface area contributed by atoms with E-state index in [2.05, 4.69) is 49.2 Å². The van der Waals surface area contributed by atoms with Crippen LogP contribution in [0.5, 0.6) is 5.75 Å². The standard InChI is InChI=1S/C18H28N2O2/c1-4-16(20-11-13(2)22-14(3)12-20)9-15-5-6-18-17(10-15)19-7-8-21-18/h5-6,10,13-14,16,19H,4,7-9,11-12H2,1-3H3. The third-order valence-electron chi connectivity index (χ3n) is 4.63. The lowest BCUT2D eigenvalue weighted by molar-refractivity contribution is -0.0806. The molecule has 4 nitrogen and oxygen atoms in total. The molecule has 0 saturated carbocycles. The average molecular weight is 304 g/mol. The number of ether oxygens (including phenoxy) is 2. The molecular weight excluding hydrogens is 276 g/mol. The smallest absolute Gasteiger partial charge is 0.142 e. The van der Waals surface area contributed by atoms with Gasteiger partial charge in [0.15, 0.2) is 0 Å². The molecule has 0 amide bonds. The van der Waals surface area contributed by atoms with Crippen molar-refractivity contribution in [2.45, 2.75) is 51.9 Å². The number of rotatable bonds is 4. The molecule has 0 aromatic heterocycles. The lowest BCUT2D eigenvalue weighted by Crippen LogP contribution is -2.50. The second-order valence-electron chi connectivity index (χ2n) is 6.58. The summed E-state index contributed by atoms with van der Waals surface area (Å²) in [5.41, 5.74) is 2.53. The molecule has 0 radical (unpaired) electrons. The van der Waals surface area contributed by atoms with E-state index in [1.165, 1.54) is 12.0 Å². The van der Waals surface area contributed by atoms with Crippen molar-refractivity contribution in [1.82, 2.24) is 4.90 Å². The zero-order valence-corrected chi connectivity index (χ0v) is 14.0. The molecule has 1 aromatic rings. The van der Waals surface area contributed by atoms with Crippen LogP contribution < -0.4 is 10.1 Å². The third kappa shape index (κ3) is 3.55. The fraction of sp³-hybridized carbons (Fsp3) is 0.667. The second-order valence-corrected chi connectivity index (χ2v) is 6.58. The van der Waals surface area contributed by atoms with E-state index >= 15 is 0 Å². The van der Waals surface area contributed by atoms with Crippen LogP contribution in [0.3, 0.4) is 0 Å². The van der Waals surface area contributed by atoms with E-state index in [0.717, 1.165) is 44.1 Å². The molecule has 22 heavy (non-hydrogen) atoms. The summed E-state index contributed by atoms with van der Waals surface area (Å²) in [7, 11) is 0. The van der Waals surface area contributed by atoms with Gasteiger partial charge in [0, 0.05) is 25.7 Å².